The summed E-state index contributed by atoms with van der Waals surface area (Å²) < 4.78 is 1.61. The summed E-state index contributed by atoms with van der Waals surface area (Å²) in [6, 6.07) is 0. The van der Waals surface area contributed by atoms with Crippen LogP contribution in [0.4, 0.5) is 0 Å². The van der Waals surface area contributed by atoms with Crippen molar-refractivity contribution in [1.29, 1.82) is 0 Å². The van der Waals surface area contributed by atoms with Crippen molar-refractivity contribution in [2.24, 2.45) is 7.05 Å². The Morgan fingerprint density at radius 1 is 1.44 bits per heavy atom. The standard InChI is InChI=1S/C12H17N3O3/c1-3-4-10(16)15-6-5-9-8(7-15)11(12(17)18)13-14(9)2/h3-7H2,1-2H3,(H,17,18). The van der Waals surface area contributed by atoms with Gasteiger partial charge in [0.05, 0.1) is 0 Å². The number of hydrogen-bond acceptors (Lipinski definition) is 3. The third-order valence-electron chi connectivity index (χ3n) is 3.26. The highest BCUT2D eigenvalue weighted by atomic mass is 16.4. The molecule has 0 radical (unpaired) electrons. The molecule has 6 heteroatoms. The zero-order valence-electron chi connectivity index (χ0n) is 10.6. The number of rotatable bonds is 3. The number of fused-ring (bicyclic) bond motifs is 1. The van der Waals surface area contributed by atoms with E-state index in [4.69, 9.17) is 5.11 Å². The fourth-order valence-corrected chi connectivity index (χ4v) is 2.35. The van der Waals surface area contributed by atoms with Crippen LogP contribution in [0.15, 0.2) is 0 Å². The van der Waals surface area contributed by atoms with E-state index in [1.54, 1.807) is 16.6 Å². The Kier molecular flexibility index (Phi) is 3.36. The molecule has 6 nitrogen and oxygen atoms in total. The van der Waals surface area contributed by atoms with Gasteiger partial charge in [0, 0.05) is 44.2 Å². The van der Waals surface area contributed by atoms with Crippen LogP contribution in [0, 0.1) is 0 Å². The molecule has 1 aliphatic rings. The third kappa shape index (κ3) is 2.10. The molecule has 0 fully saturated rings. The highest BCUT2D eigenvalue weighted by Crippen LogP contribution is 2.22. The molecular weight excluding hydrogens is 234 g/mol. The van der Waals surface area contributed by atoms with E-state index >= 15 is 0 Å². The molecule has 98 valence electrons. The van der Waals surface area contributed by atoms with Crippen LogP contribution >= 0.6 is 0 Å². The van der Waals surface area contributed by atoms with Crippen molar-refractivity contribution in [1.82, 2.24) is 14.7 Å². The first-order valence-corrected chi connectivity index (χ1v) is 6.10. The summed E-state index contributed by atoms with van der Waals surface area (Å²) in [4.78, 5) is 24.7. The molecule has 0 bridgehead atoms. The van der Waals surface area contributed by atoms with Gasteiger partial charge in [-0.25, -0.2) is 4.79 Å². The van der Waals surface area contributed by atoms with Crippen molar-refractivity contribution in [3.8, 4) is 0 Å². The Balaban J connectivity index is 2.27. The summed E-state index contributed by atoms with van der Waals surface area (Å²) >= 11 is 0. The van der Waals surface area contributed by atoms with Crippen molar-refractivity contribution >= 4 is 11.9 Å². The Labute approximate surface area is 105 Å². The Bertz CT molecular complexity index is 493. The minimum absolute atomic E-state index is 0.0708. The van der Waals surface area contributed by atoms with Gasteiger partial charge in [0.1, 0.15) is 0 Å². The zero-order valence-corrected chi connectivity index (χ0v) is 10.6. The lowest BCUT2D eigenvalue weighted by atomic mass is 10.0. The number of amides is 1. The molecule has 0 aromatic carbocycles. The normalized spacial score (nSPS) is 14.4. The van der Waals surface area contributed by atoms with Crippen LogP contribution in [-0.2, 0) is 24.8 Å². The SMILES string of the molecule is CCCC(=O)N1CCc2c(c(C(=O)O)nn2C)C1. The first-order chi connectivity index (χ1) is 8.54. The Morgan fingerprint density at radius 3 is 2.78 bits per heavy atom. The average molecular weight is 251 g/mol. The molecule has 1 amide bonds. The minimum atomic E-state index is -1.03. The summed E-state index contributed by atoms with van der Waals surface area (Å²) in [6.07, 6.45) is 1.99. The largest absolute Gasteiger partial charge is 0.476 e. The summed E-state index contributed by atoms with van der Waals surface area (Å²) in [5.41, 5.74) is 1.68. The summed E-state index contributed by atoms with van der Waals surface area (Å²) in [7, 11) is 1.74. The monoisotopic (exact) mass is 251 g/mol. The number of carboxylic acid groups (broad SMARTS) is 1. The van der Waals surface area contributed by atoms with Gasteiger partial charge in [-0.3, -0.25) is 9.48 Å². The van der Waals surface area contributed by atoms with Gasteiger partial charge in [0.25, 0.3) is 0 Å². The zero-order chi connectivity index (χ0) is 13.3. The number of aromatic carboxylic acids is 1. The van der Waals surface area contributed by atoms with Gasteiger partial charge in [-0.15, -0.1) is 0 Å². The molecule has 1 aromatic heterocycles. The molecule has 1 aromatic rings. The fourth-order valence-electron chi connectivity index (χ4n) is 2.35. The van der Waals surface area contributed by atoms with Crippen LogP contribution in [0.5, 0.6) is 0 Å². The van der Waals surface area contributed by atoms with Gasteiger partial charge in [-0.2, -0.15) is 5.10 Å². The van der Waals surface area contributed by atoms with E-state index in [-0.39, 0.29) is 11.6 Å². The van der Waals surface area contributed by atoms with Gasteiger partial charge >= 0.3 is 5.97 Å². The van der Waals surface area contributed by atoms with Crippen LogP contribution in [0.3, 0.4) is 0 Å². The number of aryl methyl sites for hydroxylation is 1. The number of nitrogens with zero attached hydrogens (tertiary/aromatic N) is 3. The second-order valence-corrected chi connectivity index (χ2v) is 4.52. The molecule has 0 spiro atoms. The van der Waals surface area contributed by atoms with Gasteiger partial charge in [-0.1, -0.05) is 6.92 Å². The topological polar surface area (TPSA) is 75.4 Å². The van der Waals surface area contributed by atoms with Crippen molar-refractivity contribution in [3.63, 3.8) is 0 Å². The van der Waals surface area contributed by atoms with E-state index < -0.39 is 5.97 Å². The molecule has 2 heterocycles. The second-order valence-electron chi connectivity index (χ2n) is 4.52. The lowest BCUT2D eigenvalue weighted by Gasteiger charge is -2.27. The predicted molar refractivity (Wildman–Crippen MR) is 64.2 cm³/mol. The Hall–Kier alpha value is -1.85. The number of aromatic nitrogens is 2. The van der Waals surface area contributed by atoms with Gasteiger partial charge in [0.2, 0.25) is 5.91 Å². The van der Waals surface area contributed by atoms with Crippen LogP contribution in [0.25, 0.3) is 0 Å². The first-order valence-electron chi connectivity index (χ1n) is 6.10. The molecule has 18 heavy (non-hydrogen) atoms. The number of carboxylic acids is 1. The maximum absolute atomic E-state index is 11.8. The lowest BCUT2D eigenvalue weighted by Crippen LogP contribution is -2.36. The first kappa shape index (κ1) is 12.6. The second kappa shape index (κ2) is 4.80. The van der Waals surface area contributed by atoms with Crippen LogP contribution < -0.4 is 0 Å². The van der Waals surface area contributed by atoms with E-state index in [9.17, 15) is 9.59 Å². The van der Waals surface area contributed by atoms with Crippen molar-refractivity contribution in [3.05, 3.63) is 17.0 Å². The molecular formula is C12H17N3O3. The Morgan fingerprint density at radius 2 is 2.17 bits per heavy atom. The fraction of sp³-hybridized carbons (Fsp3) is 0.583. The molecule has 0 atom stereocenters. The molecule has 2 rings (SSSR count). The van der Waals surface area contributed by atoms with E-state index in [2.05, 4.69) is 5.10 Å². The summed E-state index contributed by atoms with van der Waals surface area (Å²) in [5.74, 6) is -0.944. The van der Waals surface area contributed by atoms with Gasteiger partial charge < -0.3 is 10.0 Å². The van der Waals surface area contributed by atoms with Gasteiger partial charge in [-0.05, 0) is 6.42 Å². The van der Waals surface area contributed by atoms with E-state index in [1.165, 1.54) is 0 Å². The van der Waals surface area contributed by atoms with Crippen LogP contribution in [0.2, 0.25) is 0 Å². The number of carbonyl (C=O) groups is 2. The maximum atomic E-state index is 11.8. The van der Waals surface area contributed by atoms with Crippen molar-refractivity contribution in [2.45, 2.75) is 32.7 Å². The molecule has 0 unspecified atom stereocenters. The van der Waals surface area contributed by atoms with Crippen LogP contribution in [-0.4, -0.2) is 38.2 Å². The smallest absolute Gasteiger partial charge is 0.356 e. The molecule has 0 aliphatic carbocycles. The molecule has 1 aliphatic heterocycles. The third-order valence-corrected chi connectivity index (χ3v) is 3.26. The average Bonchev–Trinajstić information content (AvgIpc) is 2.67. The highest BCUT2D eigenvalue weighted by molar-refractivity contribution is 5.88. The molecule has 0 saturated heterocycles. The van der Waals surface area contributed by atoms with Gasteiger partial charge in [0.15, 0.2) is 5.69 Å². The summed E-state index contributed by atoms with van der Waals surface area (Å²) in [6.45, 7) is 2.97. The number of hydrogen-bond donors (Lipinski definition) is 1. The number of carbonyl (C=O) groups excluding carboxylic acids is 1. The predicted octanol–water partition coefficient (Wildman–Crippen LogP) is 0.803. The van der Waals surface area contributed by atoms with Crippen LogP contribution in [0.1, 0.15) is 41.5 Å². The summed E-state index contributed by atoms with van der Waals surface area (Å²) in [5, 5.41) is 13.1. The molecule has 0 saturated carbocycles. The van der Waals surface area contributed by atoms with E-state index in [1.807, 2.05) is 6.92 Å². The highest BCUT2D eigenvalue weighted by Gasteiger charge is 2.28. The molecule has 1 N–H and O–H groups in total. The lowest BCUT2D eigenvalue weighted by molar-refractivity contribution is -0.132. The maximum Gasteiger partial charge on any atom is 0.356 e. The van der Waals surface area contributed by atoms with E-state index in [0.717, 1.165) is 12.1 Å². The quantitative estimate of drug-likeness (QED) is 0.862. The van der Waals surface area contributed by atoms with E-state index in [0.29, 0.717) is 31.5 Å². The van der Waals surface area contributed by atoms with Crippen molar-refractivity contribution < 1.29 is 14.7 Å². The van der Waals surface area contributed by atoms with Crippen molar-refractivity contribution in [2.75, 3.05) is 6.54 Å². The minimum Gasteiger partial charge on any atom is -0.476 e.